The van der Waals surface area contributed by atoms with Gasteiger partial charge in [0.2, 0.25) is 11.7 Å². The Morgan fingerprint density at radius 3 is 2.72 bits per heavy atom. The summed E-state index contributed by atoms with van der Waals surface area (Å²) >= 11 is 1.54. The van der Waals surface area contributed by atoms with Gasteiger partial charge in [-0.2, -0.15) is 16.3 Å². The van der Waals surface area contributed by atoms with Crippen LogP contribution in [0.15, 0.2) is 45.6 Å². The Morgan fingerprint density at radius 1 is 1.20 bits per heavy atom. The van der Waals surface area contributed by atoms with E-state index in [0.717, 1.165) is 11.1 Å². The van der Waals surface area contributed by atoms with Crippen molar-refractivity contribution in [1.29, 1.82) is 0 Å². The molecule has 0 spiro atoms. The summed E-state index contributed by atoms with van der Waals surface area (Å²) in [4.78, 5) is 28.0. The maximum Gasteiger partial charge on any atom is 0.306 e. The van der Waals surface area contributed by atoms with Gasteiger partial charge in [0.05, 0.1) is 6.42 Å². The first-order valence-electron chi connectivity index (χ1n) is 7.72. The fraction of sp³-hybridized carbons (Fsp3) is 0.222. The average Bonchev–Trinajstić information content (AvgIpc) is 3.29. The minimum Gasteiger partial charge on any atom is -0.457 e. The van der Waals surface area contributed by atoms with Crippen LogP contribution >= 0.6 is 11.3 Å². The number of carbonyl (C=O) groups is 2. The van der Waals surface area contributed by atoms with Crippen molar-refractivity contribution in [2.75, 3.05) is 6.61 Å². The molecule has 25 heavy (non-hydrogen) atoms. The number of hydrogen-bond donors (Lipinski definition) is 0. The van der Waals surface area contributed by atoms with E-state index in [4.69, 9.17) is 9.26 Å². The molecule has 0 amide bonds. The van der Waals surface area contributed by atoms with Crippen molar-refractivity contribution in [2.24, 2.45) is 0 Å². The fourth-order valence-corrected chi connectivity index (χ4v) is 2.75. The molecule has 1 aromatic carbocycles. The molecule has 0 atom stereocenters. The molecule has 0 saturated carbocycles. The number of Topliss-reactive ketones (excluding diaryl/α,β-unsaturated/α-hetero) is 1. The van der Waals surface area contributed by atoms with E-state index in [1.807, 2.05) is 35.9 Å². The minimum absolute atomic E-state index is 0.0758. The van der Waals surface area contributed by atoms with Gasteiger partial charge in [0.1, 0.15) is 0 Å². The molecule has 3 rings (SSSR count). The maximum absolute atomic E-state index is 12.0. The lowest BCUT2D eigenvalue weighted by atomic mass is 10.1. The van der Waals surface area contributed by atoms with E-state index in [2.05, 4.69) is 10.1 Å². The normalized spacial score (nSPS) is 10.6. The van der Waals surface area contributed by atoms with E-state index >= 15 is 0 Å². The van der Waals surface area contributed by atoms with Crippen LogP contribution in [0, 0.1) is 6.92 Å². The number of ether oxygens (including phenoxy) is 1. The number of ketones is 1. The van der Waals surface area contributed by atoms with Crippen LogP contribution < -0.4 is 0 Å². The molecule has 0 bridgehead atoms. The van der Waals surface area contributed by atoms with Crippen LogP contribution in [0.1, 0.15) is 28.2 Å². The quantitative estimate of drug-likeness (QED) is 0.476. The molecule has 0 aliphatic heterocycles. The van der Waals surface area contributed by atoms with E-state index < -0.39 is 5.97 Å². The third-order valence-electron chi connectivity index (χ3n) is 3.53. The van der Waals surface area contributed by atoms with Gasteiger partial charge in [0.25, 0.3) is 0 Å². The molecule has 0 fully saturated rings. The van der Waals surface area contributed by atoms with Gasteiger partial charge in [-0.1, -0.05) is 35.0 Å². The van der Waals surface area contributed by atoms with E-state index in [9.17, 15) is 9.59 Å². The van der Waals surface area contributed by atoms with Crippen molar-refractivity contribution in [3.63, 3.8) is 0 Å². The molecule has 3 aromatic rings. The van der Waals surface area contributed by atoms with Crippen LogP contribution in [-0.4, -0.2) is 28.5 Å². The molecule has 0 aliphatic rings. The Kier molecular flexibility index (Phi) is 5.35. The highest BCUT2D eigenvalue weighted by molar-refractivity contribution is 7.08. The summed E-state index contributed by atoms with van der Waals surface area (Å²) in [5.74, 6) is 0.156. The monoisotopic (exact) mass is 356 g/mol. The summed E-state index contributed by atoms with van der Waals surface area (Å²) in [6, 6.07) is 9.02. The summed E-state index contributed by atoms with van der Waals surface area (Å²) in [5, 5.41) is 7.71. The number of carbonyl (C=O) groups excluding carboxylic acids is 2. The van der Waals surface area contributed by atoms with E-state index in [-0.39, 0.29) is 25.2 Å². The molecule has 0 saturated heterocycles. The zero-order valence-electron chi connectivity index (χ0n) is 13.6. The molecule has 2 heterocycles. The molecule has 0 aliphatic carbocycles. The van der Waals surface area contributed by atoms with Crippen LogP contribution in [0.25, 0.3) is 11.4 Å². The minimum atomic E-state index is -0.476. The molecule has 0 radical (unpaired) electrons. The number of esters is 1. The van der Waals surface area contributed by atoms with Crippen LogP contribution in [-0.2, 0) is 16.0 Å². The first-order valence-corrected chi connectivity index (χ1v) is 8.67. The molecule has 7 heteroatoms. The van der Waals surface area contributed by atoms with Gasteiger partial charge in [-0.15, -0.1) is 0 Å². The summed E-state index contributed by atoms with van der Waals surface area (Å²) in [5.41, 5.74) is 2.47. The van der Waals surface area contributed by atoms with Crippen molar-refractivity contribution in [3.8, 4) is 11.4 Å². The predicted octanol–water partition coefficient (Wildman–Crippen LogP) is 3.47. The topological polar surface area (TPSA) is 82.3 Å². The Hall–Kier alpha value is -2.80. The standard InChI is InChI=1S/C18H16N2O4S/c1-12-2-4-13(5-3-12)15(21)10-23-17(22)7-6-16-19-18(20-24-16)14-8-9-25-11-14/h2-5,8-9,11H,6-7,10H2,1H3. The largest absolute Gasteiger partial charge is 0.457 e. The predicted molar refractivity (Wildman–Crippen MR) is 92.4 cm³/mol. The lowest BCUT2D eigenvalue weighted by Crippen LogP contribution is -2.14. The van der Waals surface area contributed by atoms with E-state index in [1.54, 1.807) is 23.5 Å². The highest BCUT2D eigenvalue weighted by Crippen LogP contribution is 2.19. The first kappa shape index (κ1) is 17.0. The number of nitrogens with zero attached hydrogens (tertiary/aromatic N) is 2. The summed E-state index contributed by atoms with van der Waals surface area (Å²) < 4.78 is 10.1. The molecule has 0 unspecified atom stereocenters. The fourth-order valence-electron chi connectivity index (χ4n) is 2.12. The third kappa shape index (κ3) is 4.60. The average molecular weight is 356 g/mol. The zero-order chi connectivity index (χ0) is 17.6. The molecular formula is C18H16N2O4S. The number of rotatable bonds is 7. The Labute approximate surface area is 148 Å². The van der Waals surface area contributed by atoms with Crippen molar-refractivity contribution in [2.45, 2.75) is 19.8 Å². The van der Waals surface area contributed by atoms with Crippen LogP contribution in [0.5, 0.6) is 0 Å². The Balaban J connectivity index is 1.45. The number of aryl methyl sites for hydroxylation is 2. The maximum atomic E-state index is 12.0. The number of benzene rings is 1. The van der Waals surface area contributed by atoms with Gasteiger partial charge in [0, 0.05) is 22.9 Å². The van der Waals surface area contributed by atoms with Gasteiger partial charge >= 0.3 is 5.97 Å². The van der Waals surface area contributed by atoms with Gasteiger partial charge in [-0.3, -0.25) is 9.59 Å². The van der Waals surface area contributed by atoms with Crippen LogP contribution in [0.3, 0.4) is 0 Å². The van der Waals surface area contributed by atoms with Crippen molar-refractivity contribution in [3.05, 3.63) is 58.1 Å². The molecule has 2 aromatic heterocycles. The lowest BCUT2D eigenvalue weighted by molar-refractivity contribution is -0.142. The SMILES string of the molecule is Cc1ccc(C(=O)COC(=O)CCc2nc(-c3ccsc3)no2)cc1. The first-order chi connectivity index (χ1) is 12.1. The Bertz CT molecular complexity index is 854. The van der Waals surface area contributed by atoms with Crippen molar-refractivity contribution >= 4 is 23.1 Å². The van der Waals surface area contributed by atoms with Gasteiger partial charge in [0.15, 0.2) is 12.4 Å². The van der Waals surface area contributed by atoms with Crippen LogP contribution in [0.2, 0.25) is 0 Å². The number of thiophene rings is 1. The Morgan fingerprint density at radius 2 is 2.00 bits per heavy atom. The molecule has 128 valence electrons. The highest BCUT2D eigenvalue weighted by Gasteiger charge is 2.13. The molecular weight excluding hydrogens is 340 g/mol. The van der Waals surface area contributed by atoms with Gasteiger partial charge < -0.3 is 9.26 Å². The lowest BCUT2D eigenvalue weighted by Gasteiger charge is -2.04. The van der Waals surface area contributed by atoms with Gasteiger partial charge in [-0.25, -0.2) is 0 Å². The van der Waals surface area contributed by atoms with Crippen LogP contribution in [0.4, 0.5) is 0 Å². The third-order valence-corrected chi connectivity index (χ3v) is 4.21. The second kappa shape index (κ2) is 7.85. The zero-order valence-corrected chi connectivity index (χ0v) is 14.4. The van der Waals surface area contributed by atoms with Gasteiger partial charge in [-0.05, 0) is 18.4 Å². The summed E-state index contributed by atoms with van der Waals surface area (Å²) in [6.45, 7) is 1.67. The second-order valence-corrected chi connectivity index (χ2v) is 6.25. The number of hydrogen-bond acceptors (Lipinski definition) is 7. The summed E-state index contributed by atoms with van der Waals surface area (Å²) in [6.07, 6.45) is 0.348. The second-order valence-electron chi connectivity index (χ2n) is 5.47. The highest BCUT2D eigenvalue weighted by atomic mass is 32.1. The molecule has 6 nitrogen and oxygen atoms in total. The van der Waals surface area contributed by atoms with Crippen molar-refractivity contribution < 1.29 is 18.8 Å². The smallest absolute Gasteiger partial charge is 0.306 e. The van der Waals surface area contributed by atoms with Crippen molar-refractivity contribution in [1.82, 2.24) is 10.1 Å². The van der Waals surface area contributed by atoms with E-state index in [0.29, 0.717) is 17.3 Å². The number of aromatic nitrogens is 2. The van der Waals surface area contributed by atoms with E-state index in [1.165, 1.54) is 0 Å². The summed E-state index contributed by atoms with van der Waals surface area (Å²) in [7, 11) is 0. The molecule has 0 N–H and O–H groups in total.